The predicted octanol–water partition coefficient (Wildman–Crippen LogP) is 5.15. The van der Waals surface area contributed by atoms with E-state index in [-0.39, 0.29) is 11.9 Å². The van der Waals surface area contributed by atoms with Crippen LogP contribution in [-0.2, 0) is 4.79 Å². The van der Waals surface area contributed by atoms with E-state index in [4.69, 9.17) is 21.1 Å². The number of allylic oxidation sites excluding steroid dienone is 4. The zero-order chi connectivity index (χ0) is 24.2. The van der Waals surface area contributed by atoms with Crippen LogP contribution < -0.4 is 14.4 Å². The van der Waals surface area contributed by atoms with Crippen molar-refractivity contribution >= 4 is 35.1 Å². The Labute approximate surface area is 210 Å². The molecule has 1 aliphatic carbocycles. The van der Waals surface area contributed by atoms with E-state index in [9.17, 15) is 4.79 Å². The van der Waals surface area contributed by atoms with Crippen LogP contribution in [0.1, 0.15) is 18.4 Å². The molecule has 0 aromatic heterocycles. The topological polar surface area (TPSA) is 54.4 Å². The zero-order valence-electron chi connectivity index (χ0n) is 19.7. The van der Waals surface area contributed by atoms with Gasteiger partial charge >= 0.3 is 0 Å². The summed E-state index contributed by atoms with van der Waals surface area (Å²) in [7, 11) is 1.61. The molecule has 1 amide bonds. The van der Waals surface area contributed by atoms with E-state index in [0.29, 0.717) is 34.4 Å². The van der Waals surface area contributed by atoms with Crippen molar-refractivity contribution < 1.29 is 14.3 Å². The number of methoxy groups -OCH3 is 1. The van der Waals surface area contributed by atoms with E-state index in [0.717, 1.165) is 30.8 Å². The molecule has 180 valence electrons. The van der Waals surface area contributed by atoms with Crippen molar-refractivity contribution in [1.82, 2.24) is 4.90 Å². The van der Waals surface area contributed by atoms with Gasteiger partial charge < -0.3 is 9.47 Å². The monoisotopic (exact) mass is 489 g/mol. The maximum Gasteiger partial charge on any atom is 0.261 e. The Kier molecular flexibility index (Phi) is 7.02. The highest BCUT2D eigenvalue weighted by molar-refractivity contribution is 6.30. The van der Waals surface area contributed by atoms with Gasteiger partial charge in [-0.15, -0.1) is 0 Å². The normalized spacial score (nSPS) is 19.8. The van der Waals surface area contributed by atoms with E-state index in [1.165, 1.54) is 12.8 Å². The highest BCUT2D eigenvalue weighted by Gasteiger charge is 2.29. The van der Waals surface area contributed by atoms with E-state index >= 15 is 0 Å². The Balaban J connectivity index is 1.33. The van der Waals surface area contributed by atoms with Gasteiger partial charge in [0.05, 0.1) is 19.1 Å². The fraction of sp³-hybridized carbons (Fsp3) is 0.286. The van der Waals surface area contributed by atoms with E-state index in [1.54, 1.807) is 18.3 Å². The zero-order valence-corrected chi connectivity index (χ0v) is 20.4. The Morgan fingerprint density at radius 2 is 1.86 bits per heavy atom. The van der Waals surface area contributed by atoms with Gasteiger partial charge in [-0.2, -0.15) is 0 Å². The van der Waals surface area contributed by atoms with Gasteiger partial charge in [-0.05, 0) is 61.3 Å². The first-order chi connectivity index (χ1) is 17.1. The maximum atomic E-state index is 13.4. The van der Waals surface area contributed by atoms with Crippen LogP contribution in [0.25, 0.3) is 5.57 Å². The minimum atomic E-state index is -0.324. The van der Waals surface area contributed by atoms with Gasteiger partial charge in [0.2, 0.25) is 0 Å². The summed E-state index contributed by atoms with van der Waals surface area (Å²) in [4.78, 5) is 22.0. The van der Waals surface area contributed by atoms with Crippen molar-refractivity contribution in [2.75, 3.05) is 38.3 Å². The molecule has 0 spiro atoms. The first-order valence-electron chi connectivity index (χ1n) is 11.9. The molecule has 1 fully saturated rings. The maximum absolute atomic E-state index is 13.4. The summed E-state index contributed by atoms with van der Waals surface area (Å²) in [5.41, 5.74) is 3.31. The summed E-state index contributed by atoms with van der Waals surface area (Å²) in [6.45, 7) is 3.77. The largest absolute Gasteiger partial charge is 0.493 e. The third kappa shape index (κ3) is 5.19. The lowest BCUT2D eigenvalue weighted by Crippen LogP contribution is -2.38. The van der Waals surface area contributed by atoms with Crippen molar-refractivity contribution in [1.29, 1.82) is 0 Å². The molecule has 0 bridgehead atoms. The molecule has 7 heteroatoms. The van der Waals surface area contributed by atoms with Gasteiger partial charge in [0.25, 0.3) is 5.91 Å². The molecule has 35 heavy (non-hydrogen) atoms. The second kappa shape index (κ2) is 10.5. The number of aliphatic imine (C=N–C) groups is 1. The standard InChI is InChI=1S/C28H28ClN3O3/c1-34-27-18-23(10-13-26(27)35-17-16-31-14-2-3-15-31)32-19-30-25-12-7-21(6-11-24(25)28(32)33)20-4-8-22(29)9-5-20/h4-13,18-19,25H,2-3,14-17H2,1H3. The molecule has 6 nitrogen and oxygen atoms in total. The van der Waals surface area contributed by atoms with Crippen molar-refractivity contribution in [2.45, 2.75) is 18.9 Å². The number of fused-ring (bicyclic) bond motifs is 1. The average molecular weight is 490 g/mol. The van der Waals surface area contributed by atoms with Crippen molar-refractivity contribution in [3.8, 4) is 11.5 Å². The van der Waals surface area contributed by atoms with Gasteiger partial charge in [-0.1, -0.05) is 48.0 Å². The lowest BCUT2D eigenvalue weighted by molar-refractivity contribution is -0.114. The Morgan fingerprint density at radius 1 is 1.06 bits per heavy atom. The Hall–Kier alpha value is -3.35. The Morgan fingerprint density at radius 3 is 2.63 bits per heavy atom. The molecule has 2 aromatic carbocycles. The molecule has 5 rings (SSSR count). The summed E-state index contributed by atoms with van der Waals surface area (Å²) in [5, 5.41) is 0.688. The number of anilines is 1. The first-order valence-corrected chi connectivity index (χ1v) is 12.3. The van der Waals surface area contributed by atoms with Crippen LogP contribution in [0.3, 0.4) is 0 Å². The highest BCUT2D eigenvalue weighted by atomic mass is 35.5. The quantitative estimate of drug-likeness (QED) is 0.540. The molecule has 1 saturated heterocycles. The number of halogens is 1. The molecule has 1 unspecified atom stereocenters. The lowest BCUT2D eigenvalue weighted by atomic mass is 10.0. The molecule has 0 N–H and O–H groups in total. The van der Waals surface area contributed by atoms with Gasteiger partial charge in [0.1, 0.15) is 12.6 Å². The van der Waals surface area contributed by atoms with Gasteiger partial charge in [0, 0.05) is 23.2 Å². The summed E-state index contributed by atoms with van der Waals surface area (Å²) in [6, 6.07) is 12.8. The number of ether oxygens (including phenoxy) is 2. The van der Waals surface area contributed by atoms with Crippen LogP contribution in [0.5, 0.6) is 11.5 Å². The van der Waals surface area contributed by atoms with Crippen molar-refractivity contribution in [3.63, 3.8) is 0 Å². The fourth-order valence-electron chi connectivity index (χ4n) is 4.52. The molecule has 0 saturated carbocycles. The molecular formula is C28H28ClN3O3. The molecule has 2 heterocycles. The number of hydrogen-bond donors (Lipinski definition) is 0. The minimum Gasteiger partial charge on any atom is -0.493 e. The predicted molar refractivity (Wildman–Crippen MR) is 141 cm³/mol. The Bertz CT molecular complexity index is 1210. The number of amides is 1. The number of hydrogen-bond acceptors (Lipinski definition) is 5. The minimum absolute atomic E-state index is 0.118. The smallest absolute Gasteiger partial charge is 0.261 e. The first kappa shape index (κ1) is 23.4. The molecular weight excluding hydrogens is 462 g/mol. The third-order valence-corrected chi connectivity index (χ3v) is 6.75. The van der Waals surface area contributed by atoms with Crippen LogP contribution in [0.4, 0.5) is 5.69 Å². The SMILES string of the molecule is COc1cc(N2C=NC3C=CC(c4ccc(Cl)cc4)=CC=C3C2=O)ccc1OCCN1CCCC1. The number of likely N-dealkylation sites (tertiary alicyclic amines) is 1. The number of carbonyl (C=O) groups is 1. The third-order valence-electron chi connectivity index (χ3n) is 6.49. The van der Waals surface area contributed by atoms with Crippen molar-refractivity contribution in [2.24, 2.45) is 4.99 Å². The average Bonchev–Trinajstić information content (AvgIpc) is 3.30. The number of carbonyl (C=O) groups excluding carboxylic acids is 1. The van der Waals surface area contributed by atoms with Crippen molar-refractivity contribution in [3.05, 3.63) is 82.9 Å². The number of rotatable bonds is 7. The summed E-state index contributed by atoms with van der Waals surface area (Å²) < 4.78 is 11.5. The van der Waals surface area contributed by atoms with E-state index < -0.39 is 0 Å². The van der Waals surface area contributed by atoms with E-state index in [1.807, 2.05) is 66.8 Å². The van der Waals surface area contributed by atoms with Crippen LogP contribution in [0.15, 0.2) is 77.3 Å². The fourth-order valence-corrected chi connectivity index (χ4v) is 4.65. The lowest BCUT2D eigenvalue weighted by Gasteiger charge is -2.26. The van der Waals surface area contributed by atoms with Crippen LogP contribution in [0, 0.1) is 0 Å². The van der Waals surface area contributed by atoms with Gasteiger partial charge in [-0.25, -0.2) is 0 Å². The molecule has 3 aliphatic rings. The van der Waals surface area contributed by atoms with Crippen LogP contribution in [-0.4, -0.2) is 56.5 Å². The summed E-state index contributed by atoms with van der Waals surface area (Å²) in [5.74, 6) is 1.14. The summed E-state index contributed by atoms with van der Waals surface area (Å²) in [6.07, 6.45) is 11.9. The molecule has 2 aromatic rings. The van der Waals surface area contributed by atoms with Crippen LogP contribution >= 0.6 is 11.6 Å². The van der Waals surface area contributed by atoms with Crippen LogP contribution in [0.2, 0.25) is 5.02 Å². The van der Waals surface area contributed by atoms with Gasteiger partial charge in [0.15, 0.2) is 11.5 Å². The summed E-state index contributed by atoms with van der Waals surface area (Å²) >= 11 is 6.02. The van der Waals surface area contributed by atoms with E-state index in [2.05, 4.69) is 9.89 Å². The second-order valence-electron chi connectivity index (χ2n) is 8.73. The second-order valence-corrected chi connectivity index (χ2v) is 9.16. The molecule has 2 aliphatic heterocycles. The number of benzene rings is 2. The molecule has 1 atom stereocenters. The molecule has 0 radical (unpaired) electrons. The van der Waals surface area contributed by atoms with Gasteiger partial charge in [-0.3, -0.25) is 19.6 Å². The number of nitrogens with zero attached hydrogens (tertiary/aromatic N) is 3. The highest BCUT2D eigenvalue weighted by Crippen LogP contribution is 2.34.